The van der Waals surface area contributed by atoms with E-state index in [1.807, 2.05) is 23.1 Å². The number of rotatable bonds is 6. The van der Waals surface area contributed by atoms with Crippen LogP contribution < -0.4 is 0 Å². The number of carbonyl (C=O) groups is 1. The van der Waals surface area contributed by atoms with Gasteiger partial charge in [-0.05, 0) is 54.8 Å². The van der Waals surface area contributed by atoms with Crippen LogP contribution in [0, 0.1) is 10.1 Å². The highest BCUT2D eigenvalue weighted by atomic mass is 32.2. The first-order valence-corrected chi connectivity index (χ1v) is 13.1. The van der Waals surface area contributed by atoms with Gasteiger partial charge >= 0.3 is 0 Å². The molecule has 0 bridgehead atoms. The van der Waals surface area contributed by atoms with Crippen molar-refractivity contribution in [3.63, 3.8) is 0 Å². The average molecular weight is 502 g/mol. The van der Waals surface area contributed by atoms with E-state index >= 15 is 0 Å². The fraction of sp³-hybridized carbons (Fsp3) is 0.286. The molecule has 5 rings (SSSR count). The van der Waals surface area contributed by atoms with Gasteiger partial charge in [0.2, 0.25) is 0 Å². The lowest BCUT2D eigenvalue weighted by atomic mass is 9.94. The predicted octanol–water partition coefficient (Wildman–Crippen LogP) is 7.35. The van der Waals surface area contributed by atoms with Gasteiger partial charge in [-0.25, -0.2) is 4.99 Å². The van der Waals surface area contributed by atoms with Crippen molar-refractivity contribution in [2.75, 3.05) is 0 Å². The summed E-state index contributed by atoms with van der Waals surface area (Å²) in [5.41, 5.74) is 2.65. The Kier molecular flexibility index (Phi) is 7.04. The average Bonchev–Trinajstić information content (AvgIpc) is 3.49. The summed E-state index contributed by atoms with van der Waals surface area (Å²) in [6.45, 7) is 2.10. The largest absolute Gasteiger partial charge is 0.457 e. The van der Waals surface area contributed by atoms with Gasteiger partial charge in [0.15, 0.2) is 5.17 Å². The van der Waals surface area contributed by atoms with Crippen LogP contribution in [0.4, 0.5) is 11.4 Å². The molecule has 1 aliphatic carbocycles. The number of hydrogen-bond donors (Lipinski definition) is 0. The van der Waals surface area contributed by atoms with E-state index in [2.05, 4.69) is 13.0 Å². The summed E-state index contributed by atoms with van der Waals surface area (Å²) in [5, 5.41) is 11.8. The van der Waals surface area contributed by atoms with Gasteiger partial charge in [0.1, 0.15) is 11.5 Å². The SMILES string of the molecule is CCc1ccccc1N=C1S/C(=C/c2ccc(-c3cccc([N+](=O)[O-])c3)o2)C(=O)N1C1CCCCC1. The number of amides is 1. The Labute approximate surface area is 214 Å². The minimum atomic E-state index is -0.430. The fourth-order valence-electron chi connectivity index (χ4n) is 4.74. The van der Waals surface area contributed by atoms with Crippen LogP contribution in [0.5, 0.6) is 0 Å². The van der Waals surface area contributed by atoms with E-state index in [4.69, 9.17) is 9.41 Å². The molecule has 3 aromatic rings. The van der Waals surface area contributed by atoms with E-state index in [0.29, 0.717) is 27.2 Å². The van der Waals surface area contributed by atoms with Crippen LogP contribution in [0.15, 0.2) is 75.0 Å². The number of benzene rings is 2. The second-order valence-electron chi connectivity index (χ2n) is 8.96. The number of amidine groups is 1. The van der Waals surface area contributed by atoms with Crippen LogP contribution in [-0.4, -0.2) is 26.9 Å². The van der Waals surface area contributed by atoms with Gasteiger partial charge in [0, 0.05) is 29.8 Å². The van der Waals surface area contributed by atoms with E-state index in [1.54, 1.807) is 30.3 Å². The van der Waals surface area contributed by atoms with Crippen LogP contribution in [0.2, 0.25) is 0 Å². The maximum absolute atomic E-state index is 13.6. The van der Waals surface area contributed by atoms with Crippen molar-refractivity contribution >= 4 is 40.3 Å². The normalized spacial score (nSPS) is 18.9. The Balaban J connectivity index is 1.47. The Bertz CT molecular complexity index is 1350. The first-order chi connectivity index (χ1) is 17.5. The van der Waals surface area contributed by atoms with E-state index in [1.165, 1.54) is 30.3 Å². The predicted molar refractivity (Wildman–Crippen MR) is 143 cm³/mol. The molecule has 1 aliphatic heterocycles. The summed E-state index contributed by atoms with van der Waals surface area (Å²) in [6.07, 6.45) is 8.00. The number of aryl methyl sites for hydroxylation is 1. The smallest absolute Gasteiger partial charge is 0.270 e. The van der Waals surface area contributed by atoms with Crippen LogP contribution in [0.3, 0.4) is 0 Å². The quantitative estimate of drug-likeness (QED) is 0.200. The third-order valence-electron chi connectivity index (χ3n) is 6.61. The molecular formula is C28H27N3O4S. The first kappa shape index (κ1) is 24.1. The lowest BCUT2D eigenvalue weighted by molar-refractivity contribution is -0.384. The maximum atomic E-state index is 13.6. The van der Waals surface area contributed by atoms with Gasteiger partial charge in [-0.3, -0.25) is 19.8 Å². The van der Waals surface area contributed by atoms with E-state index < -0.39 is 4.92 Å². The zero-order valence-corrected chi connectivity index (χ0v) is 20.9. The molecule has 0 N–H and O–H groups in total. The second-order valence-corrected chi connectivity index (χ2v) is 9.97. The summed E-state index contributed by atoms with van der Waals surface area (Å²) in [5.74, 6) is 0.981. The zero-order valence-electron chi connectivity index (χ0n) is 20.1. The molecule has 1 saturated carbocycles. The Morgan fingerprint density at radius 3 is 2.69 bits per heavy atom. The molecule has 0 unspecified atom stereocenters. The molecule has 184 valence electrons. The Hall–Kier alpha value is -3.65. The molecule has 36 heavy (non-hydrogen) atoms. The van der Waals surface area contributed by atoms with Gasteiger partial charge < -0.3 is 4.42 Å². The number of thioether (sulfide) groups is 1. The van der Waals surface area contributed by atoms with Gasteiger partial charge in [0.05, 0.1) is 15.5 Å². The van der Waals surface area contributed by atoms with Gasteiger partial charge in [-0.2, -0.15) is 0 Å². The molecule has 1 aromatic heterocycles. The highest BCUT2D eigenvalue weighted by Gasteiger charge is 2.39. The monoisotopic (exact) mass is 501 g/mol. The van der Waals surface area contributed by atoms with Crippen LogP contribution in [0.1, 0.15) is 50.4 Å². The topological polar surface area (TPSA) is 89.0 Å². The molecule has 0 radical (unpaired) electrons. The molecular weight excluding hydrogens is 474 g/mol. The molecule has 2 heterocycles. The number of nitro groups is 1. The highest BCUT2D eigenvalue weighted by molar-refractivity contribution is 8.18. The van der Waals surface area contributed by atoms with Crippen molar-refractivity contribution in [2.24, 2.45) is 4.99 Å². The number of hydrogen-bond acceptors (Lipinski definition) is 6. The van der Waals surface area contributed by atoms with E-state index in [-0.39, 0.29) is 17.6 Å². The Morgan fingerprint density at radius 1 is 1.11 bits per heavy atom. The molecule has 2 fully saturated rings. The standard InChI is InChI=1S/C28H27N3O4S/c1-2-19-9-6-7-14-24(19)29-28-30(21-11-4-3-5-12-21)27(32)26(36-28)18-23-15-16-25(35-23)20-10-8-13-22(17-20)31(33)34/h6-10,13-18,21H,2-5,11-12H2,1H3/b26-18+,29-28?. The summed E-state index contributed by atoms with van der Waals surface area (Å²) in [7, 11) is 0. The molecule has 1 saturated heterocycles. The molecule has 7 nitrogen and oxygen atoms in total. The van der Waals surface area contributed by atoms with Gasteiger partial charge in [-0.15, -0.1) is 0 Å². The summed E-state index contributed by atoms with van der Waals surface area (Å²) < 4.78 is 5.96. The van der Waals surface area contributed by atoms with Crippen molar-refractivity contribution in [3.8, 4) is 11.3 Å². The number of para-hydroxylation sites is 1. The van der Waals surface area contributed by atoms with Crippen molar-refractivity contribution in [2.45, 2.75) is 51.5 Å². The molecule has 2 aliphatic rings. The minimum Gasteiger partial charge on any atom is -0.457 e. The summed E-state index contributed by atoms with van der Waals surface area (Å²) in [4.78, 5) is 31.7. The fourth-order valence-corrected chi connectivity index (χ4v) is 5.77. The molecule has 0 spiro atoms. The summed E-state index contributed by atoms with van der Waals surface area (Å²) in [6, 6.07) is 18.1. The van der Waals surface area contributed by atoms with Gasteiger partial charge in [-0.1, -0.05) is 56.5 Å². The second kappa shape index (κ2) is 10.5. The van der Waals surface area contributed by atoms with Crippen molar-refractivity contribution < 1.29 is 14.1 Å². The molecule has 0 atom stereocenters. The third kappa shape index (κ3) is 4.99. The summed E-state index contributed by atoms with van der Waals surface area (Å²) >= 11 is 1.38. The number of nitro benzene ring substituents is 1. The van der Waals surface area contributed by atoms with Crippen LogP contribution in [0.25, 0.3) is 17.4 Å². The van der Waals surface area contributed by atoms with Crippen LogP contribution in [-0.2, 0) is 11.2 Å². The molecule has 1 amide bonds. The van der Waals surface area contributed by atoms with E-state index in [0.717, 1.165) is 43.4 Å². The first-order valence-electron chi connectivity index (χ1n) is 12.3. The Morgan fingerprint density at radius 2 is 1.92 bits per heavy atom. The van der Waals surface area contributed by atoms with Crippen molar-refractivity contribution in [1.29, 1.82) is 0 Å². The van der Waals surface area contributed by atoms with Gasteiger partial charge in [0.25, 0.3) is 11.6 Å². The number of non-ortho nitro benzene ring substituents is 1. The lowest BCUT2D eigenvalue weighted by Gasteiger charge is -2.30. The highest BCUT2D eigenvalue weighted by Crippen LogP contribution is 2.39. The van der Waals surface area contributed by atoms with Crippen LogP contribution >= 0.6 is 11.8 Å². The number of furan rings is 1. The number of aliphatic imine (C=N–C) groups is 1. The molecule has 2 aromatic carbocycles. The molecule has 8 heteroatoms. The van der Waals surface area contributed by atoms with E-state index in [9.17, 15) is 14.9 Å². The minimum absolute atomic E-state index is 0.00154. The van der Waals surface area contributed by atoms with Crippen molar-refractivity contribution in [1.82, 2.24) is 4.90 Å². The zero-order chi connectivity index (χ0) is 25.1. The number of carbonyl (C=O) groups excluding carboxylic acids is 1. The lowest BCUT2D eigenvalue weighted by Crippen LogP contribution is -2.40. The number of nitrogens with zero attached hydrogens (tertiary/aromatic N) is 3. The van der Waals surface area contributed by atoms with Crippen molar-refractivity contribution in [3.05, 3.63) is 87.0 Å². The third-order valence-corrected chi connectivity index (χ3v) is 7.59. The maximum Gasteiger partial charge on any atom is 0.270 e.